The van der Waals surface area contributed by atoms with Gasteiger partial charge in [-0.05, 0) is 29.9 Å². The van der Waals surface area contributed by atoms with Crippen molar-refractivity contribution in [1.29, 1.82) is 0 Å². The molecular weight excluding hydrogens is 284 g/mol. The van der Waals surface area contributed by atoms with Gasteiger partial charge >= 0.3 is 5.00 Å². The van der Waals surface area contributed by atoms with E-state index in [1.807, 2.05) is 0 Å². The van der Waals surface area contributed by atoms with Crippen molar-refractivity contribution >= 4 is 27.8 Å². The highest BCUT2D eigenvalue weighted by Gasteiger charge is 2.16. The number of ketones is 1. The number of thiazole rings is 1. The maximum atomic E-state index is 11.2. The smallest absolute Gasteiger partial charge is 0.343 e. The molecule has 1 aromatic rings. The third kappa shape index (κ3) is 2.72. The second-order valence-electron chi connectivity index (χ2n) is 4.03. The number of carbonyl (C=O) groups is 1. The fourth-order valence-electron chi connectivity index (χ4n) is 1.54. The molecule has 1 aliphatic rings. The molecule has 0 radical (unpaired) electrons. The molecule has 1 aliphatic carbocycles. The minimum absolute atomic E-state index is 0.0581. The first-order valence-electron chi connectivity index (χ1n) is 5.44. The van der Waals surface area contributed by atoms with E-state index in [1.54, 1.807) is 14.0 Å². The summed E-state index contributed by atoms with van der Waals surface area (Å²) in [5.74, 6) is -0.594. The molecule has 0 spiro atoms. The summed E-state index contributed by atoms with van der Waals surface area (Å²) in [7, 11) is 1.60. The molecular formula is C11H10N4O4S. The van der Waals surface area contributed by atoms with Gasteiger partial charge in [0, 0.05) is 13.1 Å². The van der Waals surface area contributed by atoms with Gasteiger partial charge in [0.25, 0.3) is 0 Å². The summed E-state index contributed by atoms with van der Waals surface area (Å²) in [5.41, 5.74) is 0.646. The summed E-state index contributed by atoms with van der Waals surface area (Å²) in [6.45, 7) is 1.62. The summed E-state index contributed by atoms with van der Waals surface area (Å²) >= 11 is 0.862. The first kappa shape index (κ1) is 13.9. The molecule has 0 atom stereocenters. The number of carbonyl (C=O) groups excluding carboxylic acids is 1. The number of aliphatic hydroxyl groups excluding tert-OH is 1. The molecule has 0 saturated heterocycles. The fourth-order valence-corrected chi connectivity index (χ4v) is 2.29. The highest BCUT2D eigenvalue weighted by atomic mass is 32.1. The number of rotatable bonds is 2. The van der Waals surface area contributed by atoms with Crippen LogP contribution in [-0.4, -0.2) is 26.1 Å². The SMILES string of the molecule is CC1=CC(=O)C=C(O)C1=N/N=c1/sc([N+](=O)[O-])cn1C. The molecule has 0 saturated carbocycles. The van der Waals surface area contributed by atoms with Crippen LogP contribution in [0, 0.1) is 10.1 Å². The predicted molar refractivity (Wildman–Crippen MR) is 72.4 cm³/mol. The van der Waals surface area contributed by atoms with Crippen LogP contribution in [-0.2, 0) is 11.8 Å². The Morgan fingerprint density at radius 3 is 2.65 bits per heavy atom. The maximum Gasteiger partial charge on any atom is 0.343 e. The summed E-state index contributed by atoms with van der Waals surface area (Å²) in [5, 5.41) is 28.0. The molecule has 1 N–H and O–H groups in total. The van der Waals surface area contributed by atoms with Crippen molar-refractivity contribution in [2.45, 2.75) is 6.92 Å². The molecule has 0 amide bonds. The van der Waals surface area contributed by atoms with Crippen molar-refractivity contribution in [2.75, 3.05) is 0 Å². The van der Waals surface area contributed by atoms with E-state index in [-0.39, 0.29) is 22.3 Å². The third-order valence-electron chi connectivity index (χ3n) is 2.47. The Bertz CT molecular complexity index is 727. The van der Waals surface area contributed by atoms with Crippen molar-refractivity contribution in [3.05, 3.63) is 44.6 Å². The largest absolute Gasteiger partial charge is 0.505 e. The van der Waals surface area contributed by atoms with Crippen LogP contribution >= 0.6 is 11.3 Å². The van der Waals surface area contributed by atoms with Gasteiger partial charge in [-0.1, -0.05) is 0 Å². The summed E-state index contributed by atoms with van der Waals surface area (Å²) in [6, 6.07) is 0. The van der Waals surface area contributed by atoms with Crippen LogP contribution in [0.1, 0.15) is 6.92 Å². The molecule has 20 heavy (non-hydrogen) atoms. The monoisotopic (exact) mass is 294 g/mol. The number of nitrogens with zero attached hydrogens (tertiary/aromatic N) is 4. The van der Waals surface area contributed by atoms with Gasteiger partial charge in [-0.15, -0.1) is 10.2 Å². The lowest BCUT2D eigenvalue weighted by Gasteiger charge is -2.07. The number of nitro groups is 1. The average molecular weight is 294 g/mol. The van der Waals surface area contributed by atoms with Crippen molar-refractivity contribution in [3.63, 3.8) is 0 Å². The Balaban J connectivity index is 2.44. The highest BCUT2D eigenvalue weighted by Crippen LogP contribution is 2.14. The summed E-state index contributed by atoms with van der Waals surface area (Å²) in [6.07, 6.45) is 3.69. The Morgan fingerprint density at radius 2 is 2.10 bits per heavy atom. The van der Waals surface area contributed by atoms with Crippen molar-refractivity contribution in [3.8, 4) is 0 Å². The van der Waals surface area contributed by atoms with Gasteiger partial charge in [0.2, 0.25) is 4.80 Å². The standard InChI is InChI=1S/C11H10N4O4S/c1-6-3-7(16)4-8(17)10(6)12-13-11-14(2)5-9(20-11)15(18)19/h3-5,17H,1-2H3/b12-10?,13-11+. The van der Waals surface area contributed by atoms with Crippen LogP contribution in [0.15, 0.2) is 39.9 Å². The van der Waals surface area contributed by atoms with Crippen LogP contribution in [0.5, 0.6) is 0 Å². The Morgan fingerprint density at radius 1 is 1.40 bits per heavy atom. The van der Waals surface area contributed by atoms with E-state index in [0.29, 0.717) is 10.4 Å². The Kier molecular flexibility index (Phi) is 3.61. The molecule has 0 unspecified atom stereocenters. The van der Waals surface area contributed by atoms with Gasteiger partial charge in [0.15, 0.2) is 5.78 Å². The average Bonchev–Trinajstić information content (AvgIpc) is 2.70. The van der Waals surface area contributed by atoms with E-state index in [2.05, 4.69) is 10.2 Å². The highest BCUT2D eigenvalue weighted by molar-refractivity contribution is 7.12. The van der Waals surface area contributed by atoms with Crippen LogP contribution in [0.3, 0.4) is 0 Å². The van der Waals surface area contributed by atoms with E-state index >= 15 is 0 Å². The van der Waals surface area contributed by atoms with Crippen LogP contribution in [0.2, 0.25) is 0 Å². The lowest BCUT2D eigenvalue weighted by Crippen LogP contribution is -2.14. The molecule has 8 nitrogen and oxygen atoms in total. The molecule has 104 valence electrons. The topological polar surface area (TPSA) is 110 Å². The van der Waals surface area contributed by atoms with Gasteiger partial charge < -0.3 is 9.67 Å². The fraction of sp³-hybridized carbons (Fsp3) is 0.182. The van der Waals surface area contributed by atoms with Crippen LogP contribution in [0.25, 0.3) is 0 Å². The zero-order valence-electron chi connectivity index (χ0n) is 10.6. The molecule has 2 rings (SSSR count). The van der Waals surface area contributed by atoms with Crippen LogP contribution in [0.4, 0.5) is 5.00 Å². The molecule has 1 aromatic heterocycles. The van der Waals surface area contributed by atoms with Crippen molar-refractivity contribution in [1.82, 2.24) is 4.57 Å². The lowest BCUT2D eigenvalue weighted by molar-refractivity contribution is -0.380. The summed E-state index contributed by atoms with van der Waals surface area (Å²) in [4.78, 5) is 21.6. The lowest BCUT2D eigenvalue weighted by atomic mass is 10.0. The molecule has 0 fully saturated rings. The van der Waals surface area contributed by atoms with Gasteiger partial charge in [-0.3, -0.25) is 14.9 Å². The van der Waals surface area contributed by atoms with E-state index in [1.165, 1.54) is 16.8 Å². The number of hydrogen-bond acceptors (Lipinski definition) is 7. The first-order valence-corrected chi connectivity index (χ1v) is 6.26. The van der Waals surface area contributed by atoms with Crippen molar-refractivity contribution < 1.29 is 14.8 Å². The zero-order valence-corrected chi connectivity index (χ0v) is 11.4. The van der Waals surface area contributed by atoms with Gasteiger partial charge in [-0.2, -0.15) is 0 Å². The minimum atomic E-state index is -0.515. The Hall–Kier alpha value is -2.55. The number of allylic oxidation sites excluding steroid dienone is 3. The van der Waals surface area contributed by atoms with Gasteiger partial charge in [0.1, 0.15) is 11.5 Å². The zero-order chi connectivity index (χ0) is 14.9. The normalized spacial score (nSPS) is 18.2. The Labute approximate surface area is 116 Å². The molecule has 0 bridgehead atoms. The van der Waals surface area contributed by atoms with E-state index in [9.17, 15) is 20.0 Å². The van der Waals surface area contributed by atoms with E-state index in [4.69, 9.17) is 0 Å². The van der Waals surface area contributed by atoms with E-state index in [0.717, 1.165) is 17.4 Å². The molecule has 0 aliphatic heterocycles. The second-order valence-corrected chi connectivity index (χ2v) is 5.02. The summed E-state index contributed by atoms with van der Waals surface area (Å²) < 4.78 is 1.46. The van der Waals surface area contributed by atoms with Gasteiger partial charge in [0.05, 0.1) is 11.1 Å². The maximum absolute atomic E-state index is 11.2. The minimum Gasteiger partial charge on any atom is -0.505 e. The number of aliphatic hydroxyl groups is 1. The number of aromatic nitrogens is 1. The molecule has 9 heteroatoms. The van der Waals surface area contributed by atoms with Crippen LogP contribution < -0.4 is 4.80 Å². The predicted octanol–water partition coefficient (Wildman–Crippen LogP) is 1.22. The second kappa shape index (κ2) is 5.21. The van der Waals surface area contributed by atoms with Crippen molar-refractivity contribution in [2.24, 2.45) is 17.3 Å². The van der Waals surface area contributed by atoms with Gasteiger partial charge in [-0.25, -0.2) is 0 Å². The quantitative estimate of drug-likeness (QED) is 0.502. The first-order chi connectivity index (χ1) is 9.38. The third-order valence-corrected chi connectivity index (χ3v) is 3.49. The molecule has 0 aromatic carbocycles. The van der Waals surface area contributed by atoms with E-state index < -0.39 is 4.92 Å². The number of aryl methyl sites for hydroxylation is 1. The molecule has 1 heterocycles. The number of hydrogen-bond donors (Lipinski definition) is 1.